The van der Waals surface area contributed by atoms with Crippen LogP contribution >= 0.6 is 0 Å². The van der Waals surface area contributed by atoms with E-state index in [0.717, 1.165) is 27.7 Å². The van der Waals surface area contributed by atoms with Crippen LogP contribution in [0.15, 0.2) is 53.6 Å². The molecule has 0 spiro atoms. The minimum Gasteiger partial charge on any atom is -0.444 e. The predicted molar refractivity (Wildman–Crippen MR) is 131 cm³/mol. The molecule has 0 radical (unpaired) electrons. The Morgan fingerprint density at radius 1 is 1.11 bits per heavy atom. The van der Waals surface area contributed by atoms with E-state index in [9.17, 15) is 14.4 Å². The molecule has 180 valence electrons. The third-order valence-electron chi connectivity index (χ3n) is 6.00. The van der Waals surface area contributed by atoms with Crippen LogP contribution in [0.5, 0.6) is 0 Å². The van der Waals surface area contributed by atoms with Gasteiger partial charge in [0.05, 0.1) is 24.4 Å². The highest BCUT2D eigenvalue weighted by Gasteiger charge is 2.35. The summed E-state index contributed by atoms with van der Waals surface area (Å²) in [5.74, 6) is -0.548. The molecule has 3 N–H and O–H groups in total. The third kappa shape index (κ3) is 4.49. The lowest BCUT2D eigenvalue weighted by atomic mass is 9.97. The Labute approximate surface area is 202 Å². The van der Waals surface area contributed by atoms with Gasteiger partial charge in [0.15, 0.2) is 0 Å². The van der Waals surface area contributed by atoms with E-state index < -0.39 is 17.7 Å². The highest BCUT2D eigenvalue weighted by Crippen LogP contribution is 2.32. The number of aromatic nitrogens is 1. The van der Waals surface area contributed by atoms with Crippen molar-refractivity contribution in [3.63, 3.8) is 0 Å². The minimum atomic E-state index is -0.838. The van der Waals surface area contributed by atoms with Gasteiger partial charge in [-0.05, 0) is 38.5 Å². The van der Waals surface area contributed by atoms with Crippen molar-refractivity contribution in [3.05, 3.63) is 70.9 Å². The van der Waals surface area contributed by atoms with Gasteiger partial charge in [-0.25, -0.2) is 10.2 Å². The average Bonchev–Trinajstić information content (AvgIpc) is 3.12. The number of hydrogen-bond donors (Lipinski definition) is 3. The topological polar surface area (TPSA) is 116 Å². The van der Waals surface area contributed by atoms with Crippen molar-refractivity contribution < 1.29 is 19.1 Å². The Balaban J connectivity index is 1.46. The van der Waals surface area contributed by atoms with Gasteiger partial charge >= 0.3 is 6.09 Å². The summed E-state index contributed by atoms with van der Waals surface area (Å²) in [7, 11) is 0. The Morgan fingerprint density at radius 3 is 2.63 bits per heavy atom. The standard InChI is InChI=1S/C26H27N5O4/c1-26(2,3)35-25(34)28-18(12-15-8-5-4-6-9-15)24(33)31-13-19-22-20(14-31)29-30-23(32)16-10-7-11-17(27-19)21(16)22/h4-11,18,27H,12-14H2,1-3H3,(H,28,34)(H,30,32)/t18-/m0/s1. The molecule has 0 fully saturated rings. The minimum absolute atomic E-state index is 0.203. The van der Waals surface area contributed by atoms with Crippen LogP contribution < -0.4 is 10.7 Å². The molecular formula is C26H27N5O4. The number of nitrogens with one attached hydrogen (secondary N) is 3. The van der Waals surface area contributed by atoms with Gasteiger partial charge in [0.2, 0.25) is 5.91 Å². The summed E-state index contributed by atoms with van der Waals surface area (Å²) in [6.45, 7) is 5.83. The molecule has 0 unspecified atom stereocenters. The molecule has 2 aliphatic heterocycles. The number of aromatic amines is 1. The zero-order chi connectivity index (χ0) is 24.7. The van der Waals surface area contributed by atoms with Crippen LogP contribution in [0.3, 0.4) is 0 Å². The highest BCUT2D eigenvalue weighted by molar-refractivity contribution is 6.21. The molecular weight excluding hydrogens is 446 g/mol. The first-order valence-corrected chi connectivity index (χ1v) is 11.5. The number of benzene rings is 2. The average molecular weight is 474 g/mol. The van der Waals surface area contributed by atoms with E-state index in [1.54, 1.807) is 31.7 Å². The summed E-state index contributed by atoms with van der Waals surface area (Å²) in [5.41, 5.74) is 6.44. The molecule has 9 nitrogen and oxygen atoms in total. The summed E-state index contributed by atoms with van der Waals surface area (Å²) >= 11 is 0. The van der Waals surface area contributed by atoms with Gasteiger partial charge < -0.3 is 19.9 Å². The Bertz CT molecular complexity index is 1350. The van der Waals surface area contributed by atoms with E-state index in [4.69, 9.17) is 4.74 Å². The summed E-state index contributed by atoms with van der Waals surface area (Å²) in [6, 6.07) is 14.2. The molecule has 35 heavy (non-hydrogen) atoms. The maximum absolute atomic E-state index is 13.8. The molecule has 0 bridgehead atoms. The van der Waals surface area contributed by atoms with E-state index in [1.807, 2.05) is 42.5 Å². The summed E-state index contributed by atoms with van der Waals surface area (Å²) in [5, 5.41) is 7.90. The van der Waals surface area contributed by atoms with Gasteiger partial charge in [-0.1, -0.05) is 36.4 Å². The number of alkyl carbamates (subject to hydrolysis) is 1. The molecule has 1 atom stereocenters. The van der Waals surface area contributed by atoms with E-state index in [-0.39, 0.29) is 18.4 Å². The number of carbonyl (C=O) groups is 3. The number of amides is 3. The molecule has 3 aromatic rings. The first kappa shape index (κ1) is 22.6. The number of carbonyl (C=O) groups excluding carboxylic acids is 3. The number of ether oxygens (including phenoxy) is 1. The second-order valence-corrected chi connectivity index (χ2v) is 9.79. The van der Waals surface area contributed by atoms with Crippen molar-refractivity contribution in [1.82, 2.24) is 20.6 Å². The monoisotopic (exact) mass is 473 g/mol. The lowest BCUT2D eigenvalue weighted by Crippen LogP contribution is -2.52. The fourth-order valence-corrected chi connectivity index (χ4v) is 4.58. The largest absolute Gasteiger partial charge is 0.444 e. The van der Waals surface area contributed by atoms with E-state index in [2.05, 4.69) is 20.8 Å². The summed E-state index contributed by atoms with van der Waals surface area (Å²) in [6.07, 6.45) is -0.346. The first-order valence-electron chi connectivity index (χ1n) is 11.5. The van der Waals surface area contributed by atoms with Gasteiger partial charge in [0, 0.05) is 28.6 Å². The third-order valence-corrected chi connectivity index (χ3v) is 6.00. The van der Waals surface area contributed by atoms with E-state index in [1.165, 1.54) is 0 Å². The van der Waals surface area contributed by atoms with Crippen molar-refractivity contribution in [1.29, 1.82) is 0 Å². The normalized spacial score (nSPS) is 15.7. The highest BCUT2D eigenvalue weighted by atomic mass is 16.6. The zero-order valence-corrected chi connectivity index (χ0v) is 19.8. The lowest BCUT2D eigenvalue weighted by molar-refractivity contribution is -0.133. The number of hydrogen-bond acceptors (Lipinski definition) is 5. The van der Waals surface area contributed by atoms with E-state index in [0.29, 0.717) is 24.2 Å². The molecule has 0 aliphatic carbocycles. The predicted octanol–water partition coefficient (Wildman–Crippen LogP) is 3.09. The van der Waals surface area contributed by atoms with Crippen molar-refractivity contribution >= 4 is 34.5 Å². The van der Waals surface area contributed by atoms with Gasteiger partial charge in [-0.3, -0.25) is 9.59 Å². The van der Waals surface area contributed by atoms with Crippen LogP contribution in [-0.4, -0.2) is 51.7 Å². The van der Waals surface area contributed by atoms with Crippen LogP contribution in [0, 0.1) is 0 Å². The SMILES string of the molecule is CC(C)(C)OC(=O)N[C@@H](Cc1ccccc1)C(=O)N1CC2=NNC(=O)c3cccc4[nH]c(c2c34)C1. The maximum atomic E-state index is 13.8. The van der Waals surface area contributed by atoms with Crippen LogP contribution in [0.25, 0.3) is 10.9 Å². The summed E-state index contributed by atoms with van der Waals surface area (Å²) in [4.78, 5) is 43.9. The molecule has 2 aromatic carbocycles. The van der Waals surface area contributed by atoms with Gasteiger partial charge in [-0.2, -0.15) is 5.10 Å². The molecule has 3 amide bonds. The Kier molecular flexibility index (Phi) is 5.55. The Morgan fingerprint density at radius 2 is 1.89 bits per heavy atom. The second-order valence-electron chi connectivity index (χ2n) is 9.79. The molecule has 0 saturated carbocycles. The van der Waals surface area contributed by atoms with Crippen LogP contribution in [-0.2, 0) is 22.5 Å². The molecule has 1 aromatic heterocycles. The smallest absolute Gasteiger partial charge is 0.408 e. The van der Waals surface area contributed by atoms with Gasteiger partial charge in [-0.15, -0.1) is 0 Å². The van der Waals surface area contributed by atoms with Crippen molar-refractivity contribution in [3.8, 4) is 0 Å². The molecule has 0 saturated heterocycles. The number of rotatable bonds is 4. The fourth-order valence-electron chi connectivity index (χ4n) is 4.58. The van der Waals surface area contributed by atoms with Crippen molar-refractivity contribution in [2.45, 2.75) is 45.4 Å². The molecule has 3 heterocycles. The second kappa shape index (κ2) is 8.57. The zero-order valence-electron chi connectivity index (χ0n) is 19.8. The van der Waals surface area contributed by atoms with Crippen molar-refractivity contribution in [2.75, 3.05) is 6.54 Å². The quantitative estimate of drug-likeness (QED) is 0.540. The van der Waals surface area contributed by atoms with Gasteiger partial charge in [0.1, 0.15) is 11.6 Å². The lowest BCUT2D eigenvalue weighted by Gasteiger charge is -2.32. The van der Waals surface area contributed by atoms with Crippen molar-refractivity contribution in [2.24, 2.45) is 5.10 Å². The first-order chi connectivity index (χ1) is 16.7. The molecule has 9 heteroatoms. The number of nitrogens with zero attached hydrogens (tertiary/aromatic N) is 2. The number of H-pyrrole nitrogens is 1. The van der Waals surface area contributed by atoms with Crippen LogP contribution in [0.2, 0.25) is 0 Å². The van der Waals surface area contributed by atoms with Crippen LogP contribution in [0.1, 0.15) is 48.0 Å². The van der Waals surface area contributed by atoms with E-state index >= 15 is 0 Å². The fraction of sp³-hybridized carbons (Fsp3) is 0.308. The number of hydrazone groups is 1. The maximum Gasteiger partial charge on any atom is 0.408 e. The van der Waals surface area contributed by atoms with Crippen LogP contribution in [0.4, 0.5) is 4.79 Å². The summed E-state index contributed by atoms with van der Waals surface area (Å²) < 4.78 is 5.42. The van der Waals surface area contributed by atoms with Gasteiger partial charge in [0.25, 0.3) is 5.91 Å². The molecule has 5 rings (SSSR count). The Hall–Kier alpha value is -4.14. The molecule has 2 aliphatic rings.